The number of nitrogens with one attached hydrogen (secondary N) is 1. The number of hydrogen-bond donors (Lipinski definition) is 1. The van der Waals surface area contributed by atoms with Gasteiger partial charge in [-0.3, -0.25) is 4.90 Å². The molecule has 0 spiro atoms. The standard InChI is InChI=1S/C14H19ClFN3S/c1-2-5-18-6-8-19(9-7-18)14(20)17-11-3-4-13(16)12(15)10-11/h3-4,10H,2,5-9H2,1H3,(H,17,20). The van der Waals surface area contributed by atoms with Gasteiger partial charge in [0.2, 0.25) is 0 Å². The molecule has 1 aliphatic rings. The quantitative estimate of drug-likeness (QED) is 0.863. The molecule has 0 unspecified atom stereocenters. The highest BCUT2D eigenvalue weighted by Gasteiger charge is 2.18. The second-order valence-corrected chi connectivity index (χ2v) is 5.68. The molecule has 1 aromatic rings. The highest BCUT2D eigenvalue weighted by Crippen LogP contribution is 2.19. The van der Waals surface area contributed by atoms with Crippen LogP contribution in [0.2, 0.25) is 5.02 Å². The van der Waals surface area contributed by atoms with Crippen LogP contribution in [0.15, 0.2) is 18.2 Å². The van der Waals surface area contributed by atoms with Crippen molar-refractivity contribution in [3.8, 4) is 0 Å². The molecule has 1 N–H and O–H groups in total. The average molecular weight is 316 g/mol. The molecule has 0 aromatic heterocycles. The fourth-order valence-electron chi connectivity index (χ4n) is 2.27. The lowest BCUT2D eigenvalue weighted by molar-refractivity contribution is 0.184. The van der Waals surface area contributed by atoms with Crippen LogP contribution in [0.4, 0.5) is 10.1 Å². The minimum Gasteiger partial charge on any atom is -0.346 e. The van der Waals surface area contributed by atoms with Gasteiger partial charge < -0.3 is 10.2 Å². The van der Waals surface area contributed by atoms with E-state index in [9.17, 15) is 4.39 Å². The zero-order valence-corrected chi connectivity index (χ0v) is 13.1. The Morgan fingerprint density at radius 2 is 2.05 bits per heavy atom. The molecule has 0 atom stereocenters. The van der Waals surface area contributed by atoms with Crippen molar-refractivity contribution in [3.05, 3.63) is 29.0 Å². The molecule has 0 bridgehead atoms. The molecule has 0 saturated carbocycles. The largest absolute Gasteiger partial charge is 0.346 e. The normalized spacial score (nSPS) is 16.2. The van der Waals surface area contributed by atoms with Crippen LogP contribution in [0.1, 0.15) is 13.3 Å². The van der Waals surface area contributed by atoms with E-state index >= 15 is 0 Å². The zero-order chi connectivity index (χ0) is 14.5. The lowest BCUT2D eigenvalue weighted by Crippen LogP contribution is -2.49. The molecule has 0 aliphatic carbocycles. The number of rotatable bonds is 3. The van der Waals surface area contributed by atoms with E-state index in [1.54, 1.807) is 12.1 Å². The molecule has 1 heterocycles. The van der Waals surface area contributed by atoms with Crippen molar-refractivity contribution < 1.29 is 4.39 Å². The number of nitrogens with zero attached hydrogens (tertiary/aromatic N) is 2. The van der Waals surface area contributed by atoms with Gasteiger partial charge in [0.1, 0.15) is 5.82 Å². The summed E-state index contributed by atoms with van der Waals surface area (Å²) in [7, 11) is 0. The molecule has 20 heavy (non-hydrogen) atoms. The monoisotopic (exact) mass is 315 g/mol. The van der Waals surface area contributed by atoms with Crippen molar-refractivity contribution >= 4 is 34.6 Å². The van der Waals surface area contributed by atoms with Crippen molar-refractivity contribution in [1.29, 1.82) is 0 Å². The SMILES string of the molecule is CCCN1CCN(C(=S)Nc2ccc(F)c(Cl)c2)CC1. The van der Waals surface area contributed by atoms with E-state index in [0.29, 0.717) is 5.11 Å². The van der Waals surface area contributed by atoms with Gasteiger partial charge in [0.05, 0.1) is 5.02 Å². The number of benzene rings is 1. The summed E-state index contributed by atoms with van der Waals surface area (Å²) >= 11 is 11.2. The van der Waals surface area contributed by atoms with Crippen LogP contribution in [-0.4, -0.2) is 47.6 Å². The predicted molar refractivity (Wildman–Crippen MR) is 85.9 cm³/mol. The van der Waals surface area contributed by atoms with Crippen molar-refractivity contribution in [2.75, 3.05) is 38.0 Å². The minimum absolute atomic E-state index is 0.102. The van der Waals surface area contributed by atoms with Gasteiger partial charge in [0, 0.05) is 31.9 Å². The molecule has 1 aliphatic heterocycles. The topological polar surface area (TPSA) is 18.5 Å². The maximum Gasteiger partial charge on any atom is 0.173 e. The second-order valence-electron chi connectivity index (χ2n) is 4.89. The van der Waals surface area contributed by atoms with Crippen molar-refractivity contribution in [2.24, 2.45) is 0 Å². The van der Waals surface area contributed by atoms with Gasteiger partial charge in [-0.2, -0.15) is 0 Å². The van der Waals surface area contributed by atoms with Crippen molar-refractivity contribution in [3.63, 3.8) is 0 Å². The maximum atomic E-state index is 13.1. The van der Waals surface area contributed by atoms with Gasteiger partial charge in [0.15, 0.2) is 5.11 Å². The highest BCUT2D eigenvalue weighted by atomic mass is 35.5. The Balaban J connectivity index is 1.88. The smallest absolute Gasteiger partial charge is 0.173 e. The summed E-state index contributed by atoms with van der Waals surface area (Å²) in [6.07, 6.45) is 1.18. The summed E-state index contributed by atoms with van der Waals surface area (Å²) in [6.45, 7) is 7.22. The lowest BCUT2D eigenvalue weighted by atomic mass is 10.3. The van der Waals surface area contributed by atoms with Crippen LogP contribution in [0.25, 0.3) is 0 Å². The molecule has 1 fully saturated rings. The van der Waals surface area contributed by atoms with E-state index in [1.807, 2.05) is 0 Å². The van der Waals surface area contributed by atoms with E-state index in [-0.39, 0.29) is 5.02 Å². The summed E-state index contributed by atoms with van der Waals surface area (Å²) in [5, 5.41) is 3.89. The van der Waals surface area contributed by atoms with Gasteiger partial charge in [-0.25, -0.2) is 4.39 Å². The van der Waals surface area contributed by atoms with Crippen LogP contribution in [0.5, 0.6) is 0 Å². The van der Waals surface area contributed by atoms with Crippen LogP contribution >= 0.6 is 23.8 Å². The van der Waals surface area contributed by atoms with E-state index in [0.717, 1.165) is 38.4 Å². The maximum absolute atomic E-state index is 13.1. The number of piperazine rings is 1. The van der Waals surface area contributed by atoms with Crippen LogP contribution in [-0.2, 0) is 0 Å². The molecule has 0 amide bonds. The molecule has 1 aromatic carbocycles. The summed E-state index contributed by atoms with van der Waals surface area (Å²) in [6, 6.07) is 4.53. The second kappa shape index (κ2) is 7.20. The molecule has 6 heteroatoms. The molecule has 0 radical (unpaired) electrons. The summed E-state index contributed by atoms with van der Waals surface area (Å²) in [5.41, 5.74) is 0.720. The van der Waals surface area contributed by atoms with Gasteiger partial charge >= 0.3 is 0 Å². The minimum atomic E-state index is -0.420. The van der Waals surface area contributed by atoms with Crippen molar-refractivity contribution in [1.82, 2.24) is 9.80 Å². The molecule has 1 saturated heterocycles. The first-order chi connectivity index (χ1) is 9.60. The first kappa shape index (κ1) is 15.5. The van der Waals surface area contributed by atoms with Gasteiger partial charge in [-0.1, -0.05) is 18.5 Å². The van der Waals surface area contributed by atoms with Crippen LogP contribution in [0.3, 0.4) is 0 Å². The Morgan fingerprint density at radius 3 is 2.65 bits per heavy atom. The summed E-state index contributed by atoms with van der Waals surface area (Å²) in [4.78, 5) is 4.58. The third-order valence-electron chi connectivity index (χ3n) is 3.37. The van der Waals surface area contributed by atoms with Crippen LogP contribution in [0, 0.1) is 5.82 Å². The first-order valence-corrected chi connectivity index (χ1v) is 7.62. The van der Waals surface area contributed by atoms with Crippen molar-refractivity contribution in [2.45, 2.75) is 13.3 Å². The highest BCUT2D eigenvalue weighted by molar-refractivity contribution is 7.80. The predicted octanol–water partition coefficient (Wildman–Crippen LogP) is 3.20. The Kier molecular flexibility index (Phi) is 5.57. The fourth-order valence-corrected chi connectivity index (χ4v) is 2.75. The molecule has 110 valence electrons. The van der Waals surface area contributed by atoms with Gasteiger partial charge in [0.25, 0.3) is 0 Å². The number of hydrogen-bond acceptors (Lipinski definition) is 2. The first-order valence-electron chi connectivity index (χ1n) is 6.83. The van der Waals surface area contributed by atoms with E-state index in [1.165, 1.54) is 12.5 Å². The van der Waals surface area contributed by atoms with E-state index in [4.69, 9.17) is 23.8 Å². The Hall–Kier alpha value is -0.910. The Morgan fingerprint density at radius 1 is 1.35 bits per heavy atom. The third-order valence-corrected chi connectivity index (χ3v) is 4.02. The summed E-state index contributed by atoms with van der Waals surface area (Å²) in [5.74, 6) is -0.420. The zero-order valence-electron chi connectivity index (χ0n) is 11.5. The summed E-state index contributed by atoms with van der Waals surface area (Å²) < 4.78 is 13.1. The molecular formula is C14H19ClFN3S. The Labute approximate surface area is 129 Å². The molecular weight excluding hydrogens is 297 g/mol. The number of halogens is 2. The number of thiocarbonyl (C=S) groups is 1. The Bertz CT molecular complexity index is 475. The third kappa shape index (κ3) is 4.04. The molecule has 2 rings (SSSR count). The lowest BCUT2D eigenvalue weighted by Gasteiger charge is -2.36. The van der Waals surface area contributed by atoms with E-state index < -0.39 is 5.82 Å². The molecule has 3 nitrogen and oxygen atoms in total. The van der Waals surface area contributed by atoms with Gasteiger partial charge in [-0.15, -0.1) is 0 Å². The fraction of sp³-hybridized carbons (Fsp3) is 0.500. The number of anilines is 1. The van der Waals surface area contributed by atoms with E-state index in [2.05, 4.69) is 22.0 Å². The van der Waals surface area contributed by atoms with Gasteiger partial charge in [-0.05, 0) is 43.4 Å². The average Bonchev–Trinajstić information content (AvgIpc) is 2.44. The van der Waals surface area contributed by atoms with Crippen LogP contribution < -0.4 is 5.32 Å².